The molecule has 0 saturated heterocycles. The van der Waals surface area contributed by atoms with E-state index < -0.39 is 0 Å². The van der Waals surface area contributed by atoms with Gasteiger partial charge in [0.15, 0.2) is 5.65 Å². The zero-order valence-corrected chi connectivity index (χ0v) is 12.4. The number of rotatable bonds is 3. The first-order valence-corrected chi connectivity index (χ1v) is 6.73. The molecule has 0 aromatic carbocycles. The van der Waals surface area contributed by atoms with Gasteiger partial charge in [-0.05, 0) is 20.8 Å². The number of fused-ring (bicyclic) bond motifs is 1. The summed E-state index contributed by atoms with van der Waals surface area (Å²) in [4.78, 5) is 18.0. The number of halogens is 1. The minimum atomic E-state index is -0.260. The summed E-state index contributed by atoms with van der Waals surface area (Å²) in [5, 5.41) is 7.22. The molecule has 0 unspecified atom stereocenters. The molecule has 6 nitrogen and oxygen atoms in total. The van der Waals surface area contributed by atoms with Crippen LogP contribution in [0.3, 0.4) is 0 Å². The molecule has 0 aliphatic rings. The second-order valence-corrected chi connectivity index (χ2v) is 5.45. The first kappa shape index (κ1) is 13.1. The van der Waals surface area contributed by atoms with Crippen molar-refractivity contribution in [3.8, 4) is 0 Å². The number of alkyl halides is 1. The van der Waals surface area contributed by atoms with Gasteiger partial charge in [0.25, 0.3) is 0 Å². The minimum absolute atomic E-state index is 0.0750. The molecule has 18 heavy (non-hydrogen) atoms. The van der Waals surface area contributed by atoms with E-state index in [2.05, 4.69) is 49.9 Å². The molecular weight excluding hydrogens is 298 g/mol. The fraction of sp³-hybridized carbons (Fsp3) is 0.545. The summed E-state index contributed by atoms with van der Waals surface area (Å²) in [6.45, 7) is 6.02. The summed E-state index contributed by atoms with van der Waals surface area (Å²) < 4.78 is 1.46. The van der Waals surface area contributed by atoms with Gasteiger partial charge in [0.1, 0.15) is 11.6 Å². The number of aromatic nitrogens is 4. The molecule has 7 heteroatoms. The predicted molar refractivity (Wildman–Crippen MR) is 74.6 cm³/mol. The van der Waals surface area contributed by atoms with E-state index in [1.807, 2.05) is 7.05 Å². The molecule has 0 spiro atoms. The van der Waals surface area contributed by atoms with Crippen LogP contribution < -0.4 is 10.6 Å². The fourth-order valence-electron chi connectivity index (χ4n) is 1.65. The highest BCUT2D eigenvalue weighted by Gasteiger charge is 2.24. The van der Waals surface area contributed by atoms with Crippen molar-refractivity contribution in [1.29, 1.82) is 0 Å². The van der Waals surface area contributed by atoms with Crippen LogP contribution in [0.1, 0.15) is 19.7 Å². The van der Waals surface area contributed by atoms with E-state index in [0.717, 1.165) is 11.1 Å². The van der Waals surface area contributed by atoms with Crippen LogP contribution in [0, 0.1) is 6.92 Å². The van der Waals surface area contributed by atoms with Crippen LogP contribution in [-0.4, -0.2) is 37.5 Å². The molecule has 2 heterocycles. The Morgan fingerprint density at radius 1 is 1.56 bits per heavy atom. The van der Waals surface area contributed by atoms with E-state index in [0.29, 0.717) is 11.5 Å². The molecule has 1 N–H and O–H groups in total. The molecule has 0 fully saturated rings. The van der Waals surface area contributed by atoms with Crippen LogP contribution in [0.4, 0.5) is 5.82 Å². The lowest BCUT2D eigenvalue weighted by molar-refractivity contribution is 0.546. The third kappa shape index (κ3) is 2.03. The molecule has 0 saturated carbocycles. The van der Waals surface area contributed by atoms with E-state index >= 15 is 0 Å². The Hall–Kier alpha value is -1.37. The predicted octanol–water partition coefficient (Wildman–Crippen LogP) is 1.34. The molecule has 0 bridgehead atoms. The SMILES string of the molecule is Cc1nc(N(C)C(C)(C)CBr)cc2n[nH]c(=O)n12. The topological polar surface area (TPSA) is 66.3 Å². The van der Waals surface area contributed by atoms with Crippen LogP contribution in [0.25, 0.3) is 5.65 Å². The summed E-state index contributed by atoms with van der Waals surface area (Å²) in [7, 11) is 1.98. The van der Waals surface area contributed by atoms with Gasteiger partial charge in [-0.3, -0.25) is 0 Å². The van der Waals surface area contributed by atoms with E-state index in [1.54, 1.807) is 13.0 Å². The normalized spacial score (nSPS) is 12.1. The van der Waals surface area contributed by atoms with Gasteiger partial charge in [-0.1, -0.05) is 15.9 Å². The van der Waals surface area contributed by atoms with Crippen molar-refractivity contribution in [3.05, 3.63) is 22.4 Å². The fourth-order valence-corrected chi connectivity index (χ4v) is 2.03. The van der Waals surface area contributed by atoms with Crippen molar-refractivity contribution < 1.29 is 0 Å². The Morgan fingerprint density at radius 2 is 2.22 bits per heavy atom. The first-order valence-electron chi connectivity index (χ1n) is 5.61. The maximum absolute atomic E-state index is 11.5. The number of anilines is 1. The average molecular weight is 314 g/mol. The number of hydrogen-bond acceptors (Lipinski definition) is 4. The van der Waals surface area contributed by atoms with E-state index in [-0.39, 0.29) is 11.2 Å². The molecule has 0 amide bonds. The van der Waals surface area contributed by atoms with E-state index in [4.69, 9.17) is 0 Å². The van der Waals surface area contributed by atoms with Gasteiger partial charge >= 0.3 is 5.69 Å². The molecule has 0 aliphatic carbocycles. The van der Waals surface area contributed by atoms with Crippen molar-refractivity contribution in [3.63, 3.8) is 0 Å². The highest BCUT2D eigenvalue weighted by Crippen LogP contribution is 2.22. The number of nitrogens with zero attached hydrogens (tertiary/aromatic N) is 4. The summed E-state index contributed by atoms with van der Waals surface area (Å²) >= 11 is 3.49. The quantitative estimate of drug-likeness (QED) is 0.868. The molecule has 2 aromatic heterocycles. The van der Waals surface area contributed by atoms with Gasteiger partial charge in [-0.15, -0.1) is 0 Å². The molecule has 0 aliphatic heterocycles. The molecule has 0 radical (unpaired) electrons. The zero-order valence-electron chi connectivity index (χ0n) is 10.9. The van der Waals surface area contributed by atoms with Crippen LogP contribution >= 0.6 is 15.9 Å². The Kier molecular flexibility index (Phi) is 3.18. The Morgan fingerprint density at radius 3 is 2.83 bits per heavy atom. The largest absolute Gasteiger partial charge is 0.354 e. The van der Waals surface area contributed by atoms with Gasteiger partial charge in [-0.25, -0.2) is 19.3 Å². The number of H-pyrrole nitrogens is 1. The van der Waals surface area contributed by atoms with Gasteiger partial charge in [0.2, 0.25) is 0 Å². The molecular formula is C11H16BrN5O. The van der Waals surface area contributed by atoms with E-state index in [1.165, 1.54) is 4.40 Å². The third-order valence-electron chi connectivity index (χ3n) is 3.14. The summed E-state index contributed by atoms with van der Waals surface area (Å²) in [6, 6.07) is 1.80. The van der Waals surface area contributed by atoms with Crippen molar-refractivity contribution in [2.24, 2.45) is 0 Å². The average Bonchev–Trinajstić information content (AvgIpc) is 2.70. The zero-order chi connectivity index (χ0) is 13.5. The Balaban J connectivity index is 2.57. The third-order valence-corrected chi connectivity index (χ3v) is 4.51. The Labute approximate surface area is 113 Å². The molecule has 2 aromatic rings. The standard InChI is InChI=1S/C11H16BrN5O/c1-7-13-8(16(4)11(2,3)6-12)5-9-14-15-10(18)17(7)9/h5H,6H2,1-4H3,(H,15,18). The highest BCUT2D eigenvalue weighted by atomic mass is 79.9. The van der Waals surface area contributed by atoms with Crippen LogP contribution in [0.15, 0.2) is 10.9 Å². The van der Waals surface area contributed by atoms with Crippen molar-refractivity contribution in [2.45, 2.75) is 26.3 Å². The van der Waals surface area contributed by atoms with Crippen molar-refractivity contribution in [2.75, 3.05) is 17.3 Å². The molecule has 2 rings (SSSR count). The lowest BCUT2D eigenvalue weighted by Crippen LogP contribution is -2.43. The molecule has 98 valence electrons. The van der Waals surface area contributed by atoms with Gasteiger partial charge in [-0.2, -0.15) is 5.10 Å². The second-order valence-electron chi connectivity index (χ2n) is 4.89. The summed E-state index contributed by atoms with van der Waals surface area (Å²) in [5.41, 5.74) is 0.248. The lowest BCUT2D eigenvalue weighted by Gasteiger charge is -2.35. The molecule has 0 atom stereocenters. The summed E-state index contributed by atoms with van der Waals surface area (Å²) in [5.74, 6) is 1.42. The van der Waals surface area contributed by atoms with Crippen LogP contribution in [-0.2, 0) is 0 Å². The maximum Gasteiger partial charge on any atom is 0.349 e. The van der Waals surface area contributed by atoms with Gasteiger partial charge in [0, 0.05) is 24.0 Å². The monoisotopic (exact) mass is 313 g/mol. The van der Waals surface area contributed by atoms with Crippen LogP contribution in [0.2, 0.25) is 0 Å². The van der Waals surface area contributed by atoms with Crippen LogP contribution in [0.5, 0.6) is 0 Å². The second kappa shape index (κ2) is 4.38. The smallest absolute Gasteiger partial charge is 0.349 e. The number of aryl methyl sites for hydroxylation is 1. The maximum atomic E-state index is 11.5. The lowest BCUT2D eigenvalue weighted by atomic mass is 10.1. The number of nitrogens with one attached hydrogen (secondary N) is 1. The Bertz CT molecular complexity index is 630. The minimum Gasteiger partial charge on any atom is -0.354 e. The van der Waals surface area contributed by atoms with Crippen molar-refractivity contribution >= 4 is 27.4 Å². The summed E-state index contributed by atoms with van der Waals surface area (Å²) in [6.07, 6.45) is 0. The highest BCUT2D eigenvalue weighted by molar-refractivity contribution is 9.09. The number of hydrogen-bond donors (Lipinski definition) is 1. The van der Waals surface area contributed by atoms with Gasteiger partial charge < -0.3 is 4.90 Å². The van der Waals surface area contributed by atoms with E-state index in [9.17, 15) is 4.79 Å². The first-order chi connectivity index (χ1) is 8.36. The number of aromatic amines is 1. The van der Waals surface area contributed by atoms with Crippen molar-refractivity contribution in [1.82, 2.24) is 19.6 Å². The van der Waals surface area contributed by atoms with Gasteiger partial charge in [0.05, 0.1) is 0 Å².